The van der Waals surface area contributed by atoms with Crippen LogP contribution in [0.4, 0.5) is 0 Å². The SMILES string of the molecule is Cc1ccc(CNC(=O)CNCC2CC2)cn1.Cl.Cl. The molecule has 1 aliphatic rings. The maximum atomic E-state index is 11.5. The van der Waals surface area contributed by atoms with E-state index in [0.717, 1.165) is 23.7 Å². The van der Waals surface area contributed by atoms with Crippen molar-refractivity contribution in [2.24, 2.45) is 5.92 Å². The van der Waals surface area contributed by atoms with Crippen LogP contribution >= 0.6 is 24.8 Å². The molecule has 0 radical (unpaired) electrons. The summed E-state index contributed by atoms with van der Waals surface area (Å²) in [6, 6.07) is 3.94. The summed E-state index contributed by atoms with van der Waals surface area (Å²) in [5.74, 6) is 0.857. The van der Waals surface area contributed by atoms with Gasteiger partial charge in [0.25, 0.3) is 0 Å². The van der Waals surface area contributed by atoms with E-state index in [4.69, 9.17) is 0 Å². The molecule has 0 aromatic carbocycles. The summed E-state index contributed by atoms with van der Waals surface area (Å²) < 4.78 is 0. The summed E-state index contributed by atoms with van der Waals surface area (Å²) in [4.78, 5) is 15.7. The van der Waals surface area contributed by atoms with Crippen LogP contribution in [-0.4, -0.2) is 24.0 Å². The normalized spacial score (nSPS) is 13.1. The number of carbonyl (C=O) groups excluding carboxylic acids is 1. The Labute approximate surface area is 126 Å². The predicted molar refractivity (Wildman–Crippen MR) is 80.9 cm³/mol. The van der Waals surface area contributed by atoms with Crippen molar-refractivity contribution in [1.29, 1.82) is 0 Å². The molecule has 19 heavy (non-hydrogen) atoms. The van der Waals surface area contributed by atoms with E-state index in [-0.39, 0.29) is 30.7 Å². The van der Waals surface area contributed by atoms with Gasteiger partial charge in [-0.1, -0.05) is 6.07 Å². The molecule has 0 atom stereocenters. The lowest BCUT2D eigenvalue weighted by atomic mass is 10.2. The van der Waals surface area contributed by atoms with Gasteiger partial charge in [-0.3, -0.25) is 9.78 Å². The maximum Gasteiger partial charge on any atom is 0.234 e. The number of aromatic nitrogens is 1. The molecule has 1 amide bonds. The van der Waals surface area contributed by atoms with Crippen LogP contribution < -0.4 is 10.6 Å². The Morgan fingerprint density at radius 2 is 2.11 bits per heavy atom. The molecule has 108 valence electrons. The number of nitrogens with one attached hydrogen (secondary N) is 2. The average molecular weight is 306 g/mol. The van der Waals surface area contributed by atoms with E-state index in [1.54, 1.807) is 6.20 Å². The standard InChI is InChI=1S/C13H19N3O.2ClH/c1-10-2-3-12(7-15-10)8-16-13(17)9-14-6-11-4-5-11;;/h2-3,7,11,14H,4-6,8-9H2,1H3,(H,16,17);2*1H. The van der Waals surface area contributed by atoms with Gasteiger partial charge >= 0.3 is 0 Å². The van der Waals surface area contributed by atoms with Crippen LogP contribution in [-0.2, 0) is 11.3 Å². The van der Waals surface area contributed by atoms with E-state index in [0.29, 0.717) is 13.1 Å². The molecular formula is C13H21Cl2N3O. The van der Waals surface area contributed by atoms with E-state index >= 15 is 0 Å². The first-order chi connectivity index (χ1) is 8.24. The molecular weight excluding hydrogens is 285 g/mol. The molecule has 0 unspecified atom stereocenters. The molecule has 1 aliphatic carbocycles. The molecule has 0 saturated heterocycles. The molecule has 6 heteroatoms. The number of nitrogens with zero attached hydrogens (tertiary/aromatic N) is 1. The van der Waals surface area contributed by atoms with E-state index in [1.807, 2.05) is 19.1 Å². The van der Waals surface area contributed by atoms with E-state index in [9.17, 15) is 4.79 Å². The molecule has 2 rings (SSSR count). The highest BCUT2D eigenvalue weighted by molar-refractivity contribution is 5.85. The highest BCUT2D eigenvalue weighted by Gasteiger charge is 2.20. The van der Waals surface area contributed by atoms with Crippen molar-refractivity contribution < 1.29 is 4.79 Å². The van der Waals surface area contributed by atoms with Gasteiger partial charge in [-0.25, -0.2) is 0 Å². The zero-order chi connectivity index (χ0) is 12.1. The Hall–Kier alpha value is -0.840. The second kappa shape index (κ2) is 9.13. The number of halogens is 2. The topological polar surface area (TPSA) is 54.0 Å². The molecule has 0 bridgehead atoms. The number of hydrogen-bond donors (Lipinski definition) is 2. The molecule has 4 nitrogen and oxygen atoms in total. The second-order valence-corrected chi connectivity index (χ2v) is 4.66. The monoisotopic (exact) mass is 305 g/mol. The first-order valence-corrected chi connectivity index (χ1v) is 6.13. The Morgan fingerprint density at radius 1 is 1.37 bits per heavy atom. The fourth-order valence-electron chi connectivity index (χ4n) is 1.58. The van der Waals surface area contributed by atoms with Gasteiger partial charge in [-0.15, -0.1) is 24.8 Å². The number of amides is 1. The second-order valence-electron chi connectivity index (χ2n) is 4.66. The number of pyridine rings is 1. The first kappa shape index (κ1) is 18.2. The van der Waals surface area contributed by atoms with Crippen molar-refractivity contribution in [2.45, 2.75) is 26.3 Å². The van der Waals surface area contributed by atoms with Crippen LogP contribution in [0.2, 0.25) is 0 Å². The molecule has 1 heterocycles. The quantitative estimate of drug-likeness (QED) is 0.843. The third kappa shape index (κ3) is 7.35. The lowest BCUT2D eigenvalue weighted by molar-refractivity contribution is -0.120. The Bertz CT molecular complexity index is 380. The van der Waals surface area contributed by atoms with Gasteiger partial charge in [0.2, 0.25) is 5.91 Å². The van der Waals surface area contributed by atoms with Gasteiger partial charge in [0.05, 0.1) is 6.54 Å². The largest absolute Gasteiger partial charge is 0.351 e. The number of aryl methyl sites for hydroxylation is 1. The fourth-order valence-corrected chi connectivity index (χ4v) is 1.58. The number of rotatable bonds is 6. The van der Waals surface area contributed by atoms with Crippen LogP contribution in [0.25, 0.3) is 0 Å². The third-order valence-corrected chi connectivity index (χ3v) is 2.88. The average Bonchev–Trinajstić information content (AvgIpc) is 3.12. The lowest BCUT2D eigenvalue weighted by Crippen LogP contribution is -2.34. The Balaban J connectivity index is 0.00000162. The molecule has 1 aromatic rings. The van der Waals surface area contributed by atoms with Crippen LogP contribution in [0.3, 0.4) is 0 Å². The van der Waals surface area contributed by atoms with E-state index in [1.165, 1.54) is 12.8 Å². The summed E-state index contributed by atoms with van der Waals surface area (Å²) in [6.45, 7) is 3.89. The van der Waals surface area contributed by atoms with Crippen LogP contribution in [0.1, 0.15) is 24.1 Å². The van der Waals surface area contributed by atoms with Crippen molar-refractivity contribution in [3.63, 3.8) is 0 Å². The summed E-state index contributed by atoms with van der Waals surface area (Å²) in [6.07, 6.45) is 4.42. The molecule has 2 N–H and O–H groups in total. The first-order valence-electron chi connectivity index (χ1n) is 6.13. The van der Waals surface area contributed by atoms with Gasteiger partial charge in [0, 0.05) is 18.4 Å². The third-order valence-electron chi connectivity index (χ3n) is 2.88. The highest BCUT2D eigenvalue weighted by atomic mass is 35.5. The minimum absolute atomic E-state index is 0. The summed E-state index contributed by atoms with van der Waals surface area (Å²) in [7, 11) is 0. The van der Waals surface area contributed by atoms with Crippen molar-refractivity contribution in [1.82, 2.24) is 15.6 Å². The summed E-state index contributed by atoms with van der Waals surface area (Å²) in [5, 5.41) is 6.04. The van der Waals surface area contributed by atoms with Crippen LogP contribution in [0.15, 0.2) is 18.3 Å². The van der Waals surface area contributed by atoms with Crippen molar-refractivity contribution in [3.8, 4) is 0 Å². The van der Waals surface area contributed by atoms with Crippen LogP contribution in [0.5, 0.6) is 0 Å². The zero-order valence-corrected chi connectivity index (χ0v) is 12.6. The van der Waals surface area contributed by atoms with Gasteiger partial charge < -0.3 is 10.6 Å². The molecule has 0 aliphatic heterocycles. The predicted octanol–water partition coefficient (Wildman–Crippen LogP) is 1.85. The Morgan fingerprint density at radius 3 is 2.68 bits per heavy atom. The van der Waals surface area contributed by atoms with Crippen molar-refractivity contribution in [2.75, 3.05) is 13.1 Å². The van der Waals surface area contributed by atoms with Gasteiger partial charge in [0.1, 0.15) is 0 Å². The number of carbonyl (C=O) groups is 1. The molecule has 1 saturated carbocycles. The van der Waals surface area contributed by atoms with Crippen molar-refractivity contribution in [3.05, 3.63) is 29.6 Å². The van der Waals surface area contributed by atoms with E-state index < -0.39 is 0 Å². The number of hydrogen-bond acceptors (Lipinski definition) is 3. The highest BCUT2D eigenvalue weighted by Crippen LogP contribution is 2.27. The fraction of sp³-hybridized carbons (Fsp3) is 0.538. The summed E-state index contributed by atoms with van der Waals surface area (Å²) in [5.41, 5.74) is 2.03. The molecule has 1 aromatic heterocycles. The minimum Gasteiger partial charge on any atom is -0.351 e. The van der Waals surface area contributed by atoms with Gasteiger partial charge in [-0.05, 0) is 43.9 Å². The summed E-state index contributed by atoms with van der Waals surface area (Å²) >= 11 is 0. The maximum absolute atomic E-state index is 11.5. The zero-order valence-electron chi connectivity index (χ0n) is 11.0. The Kier molecular flexibility index (Phi) is 8.72. The molecule has 1 fully saturated rings. The lowest BCUT2D eigenvalue weighted by Gasteiger charge is -2.06. The van der Waals surface area contributed by atoms with Crippen molar-refractivity contribution >= 4 is 30.7 Å². The van der Waals surface area contributed by atoms with Crippen LogP contribution in [0, 0.1) is 12.8 Å². The van der Waals surface area contributed by atoms with E-state index in [2.05, 4.69) is 15.6 Å². The molecule has 0 spiro atoms. The van der Waals surface area contributed by atoms with Gasteiger partial charge in [0.15, 0.2) is 0 Å². The smallest absolute Gasteiger partial charge is 0.234 e. The van der Waals surface area contributed by atoms with Gasteiger partial charge in [-0.2, -0.15) is 0 Å². The minimum atomic E-state index is 0.